The number of nitrogens with zero attached hydrogens (tertiary/aromatic N) is 2. The lowest BCUT2D eigenvalue weighted by molar-refractivity contribution is -0.145. The maximum absolute atomic E-state index is 12.0. The van der Waals surface area contributed by atoms with Gasteiger partial charge in [0.15, 0.2) is 0 Å². The molecule has 0 spiro atoms. The van der Waals surface area contributed by atoms with E-state index in [0.29, 0.717) is 6.42 Å². The molecule has 1 aliphatic rings. The van der Waals surface area contributed by atoms with E-state index >= 15 is 0 Å². The number of hydrogen-bond acceptors (Lipinski definition) is 3. The molecule has 0 radical (unpaired) electrons. The quantitative estimate of drug-likeness (QED) is 0.638. The number of hydrogen-bond donors (Lipinski definition) is 1. The van der Waals surface area contributed by atoms with Gasteiger partial charge < -0.3 is 5.11 Å². The molecule has 138 valence electrons. The molecule has 1 aliphatic heterocycles. The number of halogens is 1. The van der Waals surface area contributed by atoms with Gasteiger partial charge in [-0.15, -0.1) is 0 Å². The van der Waals surface area contributed by atoms with Gasteiger partial charge in [0.2, 0.25) is 0 Å². The van der Waals surface area contributed by atoms with E-state index in [1.54, 1.807) is 0 Å². The molecule has 1 N–H and O–H groups in total. The predicted molar refractivity (Wildman–Crippen MR) is 110 cm³/mol. The van der Waals surface area contributed by atoms with Gasteiger partial charge in [-0.25, -0.2) is 0 Å². The minimum Gasteiger partial charge on any atom is -0.480 e. The standard InChI is InChI=1S/C22H21BrN2O2/c23-16-10-8-15(9-11-16)21(25-14-4-3-7-20(25)22(26)27)18-12-13-24-19-6-2-1-5-17(18)19/h1-2,5-6,8-13,20-21H,3-4,7,14H2,(H,26,27). The van der Waals surface area contributed by atoms with Gasteiger partial charge in [0.1, 0.15) is 6.04 Å². The summed E-state index contributed by atoms with van der Waals surface area (Å²) in [7, 11) is 0. The van der Waals surface area contributed by atoms with Crippen molar-refractivity contribution in [2.45, 2.75) is 31.3 Å². The van der Waals surface area contributed by atoms with Gasteiger partial charge in [-0.2, -0.15) is 0 Å². The summed E-state index contributed by atoms with van der Waals surface area (Å²) in [6.07, 6.45) is 4.48. The van der Waals surface area contributed by atoms with Crippen molar-refractivity contribution < 1.29 is 9.90 Å². The second-order valence-corrected chi connectivity index (χ2v) is 7.87. The van der Waals surface area contributed by atoms with E-state index in [1.165, 1.54) is 0 Å². The SMILES string of the molecule is O=C(O)C1CCCCN1C(c1ccc(Br)cc1)c1ccnc2ccccc12. The minimum absolute atomic E-state index is 0.118. The van der Waals surface area contributed by atoms with Gasteiger partial charge >= 0.3 is 5.97 Å². The number of pyridine rings is 1. The van der Waals surface area contributed by atoms with Crippen molar-refractivity contribution in [1.29, 1.82) is 0 Å². The summed E-state index contributed by atoms with van der Waals surface area (Å²) in [5.41, 5.74) is 3.14. The van der Waals surface area contributed by atoms with Crippen LogP contribution in [-0.4, -0.2) is 33.5 Å². The molecule has 1 fully saturated rings. The number of aromatic nitrogens is 1. The molecule has 3 aromatic rings. The van der Waals surface area contributed by atoms with Crippen LogP contribution in [0.15, 0.2) is 65.3 Å². The van der Waals surface area contributed by atoms with E-state index in [2.05, 4.69) is 44.0 Å². The summed E-state index contributed by atoms with van der Waals surface area (Å²) in [4.78, 5) is 18.6. The van der Waals surface area contributed by atoms with Crippen LogP contribution in [0, 0.1) is 0 Å². The number of carboxylic acid groups (broad SMARTS) is 1. The Morgan fingerprint density at radius 2 is 1.89 bits per heavy atom. The highest BCUT2D eigenvalue weighted by atomic mass is 79.9. The fraction of sp³-hybridized carbons (Fsp3) is 0.273. The molecule has 2 heterocycles. The van der Waals surface area contributed by atoms with E-state index in [-0.39, 0.29) is 6.04 Å². The summed E-state index contributed by atoms with van der Waals surface area (Å²) >= 11 is 3.50. The molecule has 5 heteroatoms. The molecule has 0 bridgehead atoms. The Morgan fingerprint density at radius 3 is 2.67 bits per heavy atom. The van der Waals surface area contributed by atoms with Gasteiger partial charge in [0.05, 0.1) is 11.6 Å². The average molecular weight is 425 g/mol. The van der Waals surface area contributed by atoms with Crippen LogP contribution in [0.4, 0.5) is 0 Å². The number of para-hydroxylation sites is 1. The molecule has 4 rings (SSSR count). The third kappa shape index (κ3) is 3.62. The highest BCUT2D eigenvalue weighted by Crippen LogP contribution is 2.37. The van der Waals surface area contributed by atoms with Crippen molar-refractivity contribution in [3.05, 3.63) is 76.4 Å². The lowest BCUT2D eigenvalue weighted by Gasteiger charge is -2.40. The molecule has 1 saturated heterocycles. The number of piperidine rings is 1. The van der Waals surface area contributed by atoms with Gasteiger partial charge in [0.25, 0.3) is 0 Å². The van der Waals surface area contributed by atoms with Crippen LogP contribution in [0.1, 0.15) is 36.4 Å². The Balaban J connectivity index is 1.90. The van der Waals surface area contributed by atoms with Crippen molar-refractivity contribution in [1.82, 2.24) is 9.88 Å². The van der Waals surface area contributed by atoms with Crippen molar-refractivity contribution in [2.24, 2.45) is 0 Å². The van der Waals surface area contributed by atoms with E-state index in [1.807, 2.05) is 42.6 Å². The molecule has 27 heavy (non-hydrogen) atoms. The number of likely N-dealkylation sites (tertiary alicyclic amines) is 1. The molecule has 2 atom stereocenters. The normalized spacial score (nSPS) is 19.1. The summed E-state index contributed by atoms with van der Waals surface area (Å²) in [5.74, 6) is -0.741. The van der Waals surface area contributed by atoms with Crippen molar-refractivity contribution in [3.63, 3.8) is 0 Å². The van der Waals surface area contributed by atoms with E-state index < -0.39 is 12.0 Å². The van der Waals surface area contributed by atoms with Crippen LogP contribution in [0.25, 0.3) is 10.9 Å². The fourth-order valence-electron chi connectivity index (χ4n) is 4.08. The van der Waals surface area contributed by atoms with Crippen molar-refractivity contribution in [3.8, 4) is 0 Å². The summed E-state index contributed by atoms with van der Waals surface area (Å²) in [6.45, 7) is 0.772. The molecular formula is C22H21BrN2O2. The smallest absolute Gasteiger partial charge is 0.320 e. The third-order valence-corrected chi connectivity index (χ3v) is 5.85. The number of carboxylic acids is 1. The second kappa shape index (κ2) is 7.79. The Labute approximate surface area is 167 Å². The molecule has 2 aromatic carbocycles. The monoisotopic (exact) mass is 424 g/mol. The maximum atomic E-state index is 12.0. The van der Waals surface area contributed by atoms with E-state index in [0.717, 1.165) is 45.9 Å². The largest absolute Gasteiger partial charge is 0.480 e. The molecule has 4 nitrogen and oxygen atoms in total. The zero-order valence-corrected chi connectivity index (χ0v) is 16.5. The molecule has 2 unspecified atom stereocenters. The summed E-state index contributed by atoms with van der Waals surface area (Å²) < 4.78 is 1.01. The lowest BCUT2D eigenvalue weighted by Crippen LogP contribution is -2.46. The Morgan fingerprint density at radius 1 is 1.11 bits per heavy atom. The van der Waals surface area contributed by atoms with Crippen molar-refractivity contribution >= 4 is 32.8 Å². The van der Waals surface area contributed by atoms with Crippen LogP contribution in [-0.2, 0) is 4.79 Å². The fourth-order valence-corrected chi connectivity index (χ4v) is 4.34. The Bertz CT molecular complexity index is 953. The van der Waals surface area contributed by atoms with Crippen LogP contribution >= 0.6 is 15.9 Å². The topological polar surface area (TPSA) is 53.4 Å². The van der Waals surface area contributed by atoms with E-state index in [9.17, 15) is 9.90 Å². The van der Waals surface area contributed by atoms with E-state index in [4.69, 9.17) is 0 Å². The van der Waals surface area contributed by atoms with Gasteiger partial charge in [-0.05, 0) is 54.8 Å². The van der Waals surface area contributed by atoms with Gasteiger partial charge in [0, 0.05) is 16.1 Å². The third-order valence-electron chi connectivity index (χ3n) is 5.32. The zero-order valence-electron chi connectivity index (χ0n) is 14.9. The molecular weight excluding hydrogens is 404 g/mol. The second-order valence-electron chi connectivity index (χ2n) is 6.96. The first-order valence-electron chi connectivity index (χ1n) is 9.23. The first-order valence-corrected chi connectivity index (χ1v) is 10.0. The molecule has 0 aliphatic carbocycles. The molecule has 0 amide bonds. The number of carbonyl (C=O) groups is 1. The summed E-state index contributed by atoms with van der Waals surface area (Å²) in [6, 6.07) is 17.7. The molecule has 1 aromatic heterocycles. The van der Waals surface area contributed by atoms with Gasteiger partial charge in [-0.1, -0.05) is 52.7 Å². The first kappa shape index (κ1) is 18.1. The lowest BCUT2D eigenvalue weighted by atomic mass is 9.90. The van der Waals surface area contributed by atoms with Gasteiger partial charge in [-0.3, -0.25) is 14.7 Å². The number of fused-ring (bicyclic) bond motifs is 1. The van der Waals surface area contributed by atoms with Crippen LogP contribution in [0.3, 0.4) is 0 Å². The van der Waals surface area contributed by atoms with Crippen molar-refractivity contribution in [2.75, 3.05) is 6.54 Å². The number of rotatable bonds is 4. The Hall–Kier alpha value is -2.24. The number of benzene rings is 2. The summed E-state index contributed by atoms with van der Waals surface area (Å²) in [5, 5.41) is 10.9. The Kier molecular flexibility index (Phi) is 5.23. The number of aliphatic carboxylic acids is 1. The maximum Gasteiger partial charge on any atom is 0.320 e. The van der Waals surface area contributed by atoms with Crippen LogP contribution in [0.5, 0.6) is 0 Å². The highest BCUT2D eigenvalue weighted by Gasteiger charge is 2.35. The highest BCUT2D eigenvalue weighted by molar-refractivity contribution is 9.10. The predicted octanol–water partition coefficient (Wildman–Crippen LogP) is 5.03. The minimum atomic E-state index is -0.741. The van der Waals surface area contributed by atoms with Crippen LogP contribution < -0.4 is 0 Å². The zero-order chi connectivity index (χ0) is 18.8. The first-order chi connectivity index (χ1) is 13.1. The molecule has 0 saturated carbocycles. The average Bonchev–Trinajstić information content (AvgIpc) is 2.70. The van der Waals surface area contributed by atoms with Crippen LogP contribution in [0.2, 0.25) is 0 Å².